The average Bonchev–Trinajstić information content (AvgIpc) is 2.79. The molecule has 0 bridgehead atoms. The molecule has 18 heavy (non-hydrogen) atoms. The highest BCUT2D eigenvalue weighted by molar-refractivity contribution is 5.87. The van der Waals surface area contributed by atoms with E-state index in [1.54, 1.807) is 22.9 Å². The van der Waals surface area contributed by atoms with Crippen molar-refractivity contribution in [3.63, 3.8) is 0 Å². The number of hydrogen-bond donors (Lipinski definition) is 1. The molecule has 0 aliphatic carbocycles. The second-order valence-corrected chi connectivity index (χ2v) is 3.77. The molecule has 0 aliphatic heterocycles. The summed E-state index contributed by atoms with van der Waals surface area (Å²) in [5, 5.41) is 12.4. The van der Waals surface area contributed by atoms with E-state index in [1.165, 1.54) is 0 Å². The molecule has 2 rings (SSSR count). The van der Waals surface area contributed by atoms with Gasteiger partial charge < -0.3 is 9.88 Å². The van der Waals surface area contributed by atoms with E-state index in [1.807, 2.05) is 12.1 Å². The number of carbonyl (C=O) groups excluding carboxylic acids is 1. The predicted molar refractivity (Wildman–Crippen MR) is 68.5 cm³/mol. The molecule has 1 aromatic heterocycles. The molecule has 0 spiro atoms. The van der Waals surface area contributed by atoms with Crippen LogP contribution in [-0.2, 0) is 11.3 Å². The predicted octanol–water partition coefficient (Wildman–Crippen LogP) is 1.26. The molecule has 0 aliphatic rings. The molecule has 0 unspecified atom stereocenters. The quantitative estimate of drug-likeness (QED) is 0.817. The number of amides is 1. The third-order valence-electron chi connectivity index (χ3n) is 2.64. The monoisotopic (exact) mass is 237 g/mol. The largest absolute Gasteiger partial charge is 0.344 e. The Kier molecular flexibility index (Phi) is 3.31. The van der Waals surface area contributed by atoms with Crippen LogP contribution in [0.5, 0.6) is 0 Å². The molecule has 4 nitrogen and oxygen atoms in total. The summed E-state index contributed by atoms with van der Waals surface area (Å²) in [6.07, 6.45) is 6.86. The van der Waals surface area contributed by atoms with E-state index in [9.17, 15) is 4.79 Å². The molecule has 1 aromatic carbocycles. The Morgan fingerprint density at radius 3 is 3.00 bits per heavy atom. The Bertz CT molecular complexity index is 670. The number of aromatic nitrogens is 1. The lowest BCUT2D eigenvalue weighted by molar-refractivity contribution is -0.121. The molecule has 0 saturated heterocycles. The lowest BCUT2D eigenvalue weighted by Crippen LogP contribution is -2.27. The van der Waals surface area contributed by atoms with Gasteiger partial charge in [-0.05, 0) is 18.2 Å². The standard InChI is InChI=1S/C14H11N3O/c1-2-7-16-14(18)10-17-8-6-12-11(9-15)4-3-5-13(12)17/h1,3-6,8H,7,10H2,(H,16,18). The minimum absolute atomic E-state index is 0.146. The van der Waals surface area contributed by atoms with E-state index in [2.05, 4.69) is 17.3 Å². The number of hydrogen-bond acceptors (Lipinski definition) is 2. The third-order valence-corrected chi connectivity index (χ3v) is 2.64. The van der Waals surface area contributed by atoms with Gasteiger partial charge in [0.1, 0.15) is 6.54 Å². The molecule has 4 heteroatoms. The van der Waals surface area contributed by atoms with Crippen LogP contribution in [0.4, 0.5) is 0 Å². The maximum Gasteiger partial charge on any atom is 0.240 e. The fourth-order valence-electron chi connectivity index (χ4n) is 1.82. The van der Waals surface area contributed by atoms with Gasteiger partial charge in [-0.25, -0.2) is 0 Å². The maximum absolute atomic E-state index is 11.6. The van der Waals surface area contributed by atoms with Gasteiger partial charge in [-0.2, -0.15) is 5.26 Å². The summed E-state index contributed by atoms with van der Waals surface area (Å²) in [4.78, 5) is 11.6. The summed E-state index contributed by atoms with van der Waals surface area (Å²) in [7, 11) is 0. The summed E-state index contributed by atoms with van der Waals surface area (Å²) in [5.74, 6) is 2.20. The molecule has 1 heterocycles. The van der Waals surface area contributed by atoms with Crippen molar-refractivity contribution in [2.75, 3.05) is 6.54 Å². The number of rotatable bonds is 3. The van der Waals surface area contributed by atoms with Crippen LogP contribution in [0.3, 0.4) is 0 Å². The highest BCUT2D eigenvalue weighted by Gasteiger charge is 2.07. The van der Waals surface area contributed by atoms with Crippen molar-refractivity contribution in [1.29, 1.82) is 5.26 Å². The second kappa shape index (κ2) is 5.07. The first-order chi connectivity index (χ1) is 8.76. The van der Waals surface area contributed by atoms with E-state index in [-0.39, 0.29) is 19.0 Å². The maximum atomic E-state index is 11.6. The SMILES string of the molecule is C#CCNC(=O)Cn1ccc2c(C#N)cccc21. The summed E-state index contributed by atoms with van der Waals surface area (Å²) in [5.41, 5.74) is 1.47. The van der Waals surface area contributed by atoms with Gasteiger partial charge in [0, 0.05) is 17.1 Å². The van der Waals surface area contributed by atoms with Crippen LogP contribution in [0.25, 0.3) is 10.9 Å². The Morgan fingerprint density at radius 2 is 2.28 bits per heavy atom. The van der Waals surface area contributed by atoms with Gasteiger partial charge in [0.2, 0.25) is 5.91 Å². The van der Waals surface area contributed by atoms with E-state index >= 15 is 0 Å². The van der Waals surface area contributed by atoms with Gasteiger partial charge in [-0.1, -0.05) is 12.0 Å². The van der Waals surface area contributed by atoms with Crippen molar-refractivity contribution in [2.24, 2.45) is 0 Å². The summed E-state index contributed by atoms with van der Waals surface area (Å²) < 4.78 is 1.79. The molecular weight excluding hydrogens is 226 g/mol. The van der Waals surface area contributed by atoms with Crippen LogP contribution in [0.2, 0.25) is 0 Å². The van der Waals surface area contributed by atoms with E-state index in [4.69, 9.17) is 11.7 Å². The Hall–Kier alpha value is -2.72. The molecule has 0 fully saturated rings. The van der Waals surface area contributed by atoms with E-state index < -0.39 is 0 Å². The second-order valence-electron chi connectivity index (χ2n) is 3.77. The minimum atomic E-state index is -0.146. The number of nitrogens with one attached hydrogen (secondary N) is 1. The first kappa shape index (κ1) is 11.8. The average molecular weight is 237 g/mol. The molecule has 1 N–H and O–H groups in total. The van der Waals surface area contributed by atoms with Crippen molar-refractivity contribution < 1.29 is 4.79 Å². The number of carbonyl (C=O) groups is 1. The van der Waals surface area contributed by atoms with E-state index in [0.29, 0.717) is 5.56 Å². The van der Waals surface area contributed by atoms with E-state index in [0.717, 1.165) is 10.9 Å². The summed E-state index contributed by atoms with van der Waals surface area (Å²) in [6, 6.07) is 9.40. The first-order valence-electron chi connectivity index (χ1n) is 5.44. The number of terminal acetylenes is 1. The van der Waals surface area contributed by atoms with Crippen LogP contribution >= 0.6 is 0 Å². The summed E-state index contributed by atoms with van der Waals surface area (Å²) in [6.45, 7) is 0.418. The van der Waals surface area contributed by atoms with Gasteiger partial charge in [0.05, 0.1) is 18.2 Å². The fraction of sp³-hybridized carbons (Fsp3) is 0.143. The lowest BCUT2D eigenvalue weighted by Gasteiger charge is -2.05. The van der Waals surface area contributed by atoms with Crippen molar-refractivity contribution in [3.05, 3.63) is 36.0 Å². The molecule has 0 radical (unpaired) electrons. The van der Waals surface area contributed by atoms with Gasteiger partial charge in [-0.15, -0.1) is 6.42 Å². The zero-order chi connectivity index (χ0) is 13.0. The molecule has 1 amide bonds. The number of nitrogens with zero attached hydrogens (tertiary/aromatic N) is 2. The zero-order valence-corrected chi connectivity index (χ0v) is 9.68. The number of benzene rings is 1. The fourth-order valence-corrected chi connectivity index (χ4v) is 1.82. The third kappa shape index (κ3) is 2.18. The van der Waals surface area contributed by atoms with Crippen molar-refractivity contribution in [1.82, 2.24) is 9.88 Å². The highest BCUT2D eigenvalue weighted by Crippen LogP contribution is 2.19. The Balaban J connectivity index is 2.28. The molecule has 0 atom stereocenters. The highest BCUT2D eigenvalue weighted by atomic mass is 16.1. The first-order valence-corrected chi connectivity index (χ1v) is 5.44. The minimum Gasteiger partial charge on any atom is -0.344 e. The number of fused-ring (bicyclic) bond motifs is 1. The van der Waals surface area contributed by atoms with Crippen LogP contribution in [0, 0.1) is 23.7 Å². The summed E-state index contributed by atoms with van der Waals surface area (Å²) >= 11 is 0. The Morgan fingerprint density at radius 1 is 1.44 bits per heavy atom. The normalized spacial score (nSPS) is 9.67. The molecule has 2 aromatic rings. The van der Waals surface area contributed by atoms with Crippen LogP contribution in [0.1, 0.15) is 5.56 Å². The molecular formula is C14H11N3O. The van der Waals surface area contributed by atoms with Crippen LogP contribution in [-0.4, -0.2) is 17.0 Å². The Labute approximate surface area is 105 Å². The van der Waals surface area contributed by atoms with Gasteiger partial charge in [-0.3, -0.25) is 4.79 Å². The molecule has 88 valence electrons. The van der Waals surface area contributed by atoms with Gasteiger partial charge >= 0.3 is 0 Å². The number of nitriles is 1. The van der Waals surface area contributed by atoms with Crippen LogP contribution < -0.4 is 5.32 Å². The molecule has 0 saturated carbocycles. The van der Waals surface area contributed by atoms with Gasteiger partial charge in [0.25, 0.3) is 0 Å². The topological polar surface area (TPSA) is 57.8 Å². The lowest BCUT2D eigenvalue weighted by atomic mass is 10.1. The van der Waals surface area contributed by atoms with Crippen molar-refractivity contribution in [3.8, 4) is 18.4 Å². The van der Waals surface area contributed by atoms with Crippen molar-refractivity contribution >= 4 is 16.8 Å². The zero-order valence-electron chi connectivity index (χ0n) is 9.68. The van der Waals surface area contributed by atoms with Gasteiger partial charge in [0.15, 0.2) is 0 Å². The van der Waals surface area contributed by atoms with Crippen molar-refractivity contribution in [2.45, 2.75) is 6.54 Å². The van der Waals surface area contributed by atoms with Crippen LogP contribution in [0.15, 0.2) is 30.5 Å². The smallest absolute Gasteiger partial charge is 0.240 e.